The van der Waals surface area contributed by atoms with E-state index in [0.717, 1.165) is 6.42 Å². The van der Waals surface area contributed by atoms with Gasteiger partial charge in [-0.1, -0.05) is 13.0 Å². The Morgan fingerprint density at radius 1 is 1.18 bits per heavy atom. The second-order valence-corrected chi connectivity index (χ2v) is 4.94. The third kappa shape index (κ3) is 5.82. The van der Waals surface area contributed by atoms with Gasteiger partial charge in [-0.15, -0.1) is 0 Å². The van der Waals surface area contributed by atoms with Gasteiger partial charge in [0.25, 0.3) is 5.91 Å². The molecule has 0 aliphatic rings. The zero-order valence-corrected chi connectivity index (χ0v) is 13.1. The van der Waals surface area contributed by atoms with E-state index in [2.05, 4.69) is 16.0 Å². The second-order valence-electron chi connectivity index (χ2n) is 4.94. The van der Waals surface area contributed by atoms with Gasteiger partial charge < -0.3 is 15.5 Å². The van der Waals surface area contributed by atoms with Gasteiger partial charge in [0.15, 0.2) is 0 Å². The number of urea groups is 1. The van der Waals surface area contributed by atoms with E-state index in [1.165, 1.54) is 4.90 Å². The standard InChI is InChI=1S/C15H22N4O3/c1-4-8-16-15(22)18-13(20)10-17-12-7-5-6-11(9-12)14(21)19(2)3/h5-7,9,17H,4,8,10H2,1-3H3,(H2,16,18,20,22). The number of carbonyl (C=O) groups is 3. The minimum atomic E-state index is -0.509. The topological polar surface area (TPSA) is 90.5 Å². The van der Waals surface area contributed by atoms with Crippen molar-refractivity contribution in [3.8, 4) is 0 Å². The molecule has 0 aliphatic carbocycles. The van der Waals surface area contributed by atoms with Gasteiger partial charge in [-0.3, -0.25) is 14.9 Å². The van der Waals surface area contributed by atoms with Gasteiger partial charge >= 0.3 is 6.03 Å². The molecule has 0 unspecified atom stereocenters. The molecule has 22 heavy (non-hydrogen) atoms. The first-order chi connectivity index (χ1) is 10.4. The molecule has 0 heterocycles. The molecule has 0 saturated carbocycles. The highest BCUT2D eigenvalue weighted by Crippen LogP contribution is 2.11. The molecule has 3 N–H and O–H groups in total. The summed E-state index contributed by atoms with van der Waals surface area (Å²) in [5.74, 6) is -0.565. The Balaban J connectivity index is 2.51. The molecular formula is C15H22N4O3. The third-order valence-corrected chi connectivity index (χ3v) is 2.76. The number of hydrogen-bond donors (Lipinski definition) is 3. The van der Waals surface area contributed by atoms with E-state index in [0.29, 0.717) is 17.8 Å². The summed E-state index contributed by atoms with van der Waals surface area (Å²) in [4.78, 5) is 36.3. The molecule has 7 heteroatoms. The maximum atomic E-state index is 11.8. The Labute approximate surface area is 130 Å². The Kier molecular flexibility index (Phi) is 6.88. The van der Waals surface area contributed by atoms with Crippen LogP contribution in [-0.2, 0) is 4.79 Å². The van der Waals surface area contributed by atoms with Crippen LogP contribution in [0.2, 0.25) is 0 Å². The number of benzene rings is 1. The molecule has 1 aromatic carbocycles. The highest BCUT2D eigenvalue weighted by Gasteiger charge is 2.09. The van der Waals surface area contributed by atoms with Crippen molar-refractivity contribution in [2.24, 2.45) is 0 Å². The first-order valence-corrected chi connectivity index (χ1v) is 7.07. The highest BCUT2D eigenvalue weighted by atomic mass is 16.2. The van der Waals surface area contributed by atoms with E-state index in [9.17, 15) is 14.4 Å². The first-order valence-electron chi connectivity index (χ1n) is 7.07. The predicted octanol–water partition coefficient (Wildman–Crippen LogP) is 1.04. The predicted molar refractivity (Wildman–Crippen MR) is 84.8 cm³/mol. The van der Waals surface area contributed by atoms with Crippen LogP contribution in [0.4, 0.5) is 10.5 Å². The summed E-state index contributed by atoms with van der Waals surface area (Å²) in [6.45, 7) is 2.38. The van der Waals surface area contributed by atoms with Crippen molar-refractivity contribution >= 4 is 23.5 Å². The van der Waals surface area contributed by atoms with Crippen LogP contribution in [0.5, 0.6) is 0 Å². The van der Waals surface area contributed by atoms with Crippen molar-refractivity contribution in [3.05, 3.63) is 29.8 Å². The van der Waals surface area contributed by atoms with E-state index in [1.807, 2.05) is 6.92 Å². The fourth-order valence-electron chi connectivity index (χ4n) is 1.66. The molecule has 120 valence electrons. The molecule has 0 bridgehead atoms. The van der Waals surface area contributed by atoms with Crippen LogP contribution in [0.3, 0.4) is 0 Å². The normalized spacial score (nSPS) is 9.77. The van der Waals surface area contributed by atoms with E-state index < -0.39 is 11.9 Å². The first kappa shape index (κ1) is 17.5. The number of imide groups is 1. The fourth-order valence-corrected chi connectivity index (χ4v) is 1.66. The van der Waals surface area contributed by atoms with Gasteiger partial charge in [-0.05, 0) is 24.6 Å². The lowest BCUT2D eigenvalue weighted by Gasteiger charge is -2.12. The lowest BCUT2D eigenvalue weighted by Crippen LogP contribution is -2.42. The summed E-state index contributed by atoms with van der Waals surface area (Å²) in [5, 5.41) is 7.64. The summed E-state index contributed by atoms with van der Waals surface area (Å²) >= 11 is 0. The zero-order valence-electron chi connectivity index (χ0n) is 13.1. The summed E-state index contributed by atoms with van der Waals surface area (Å²) in [6, 6.07) is 6.32. The van der Waals surface area contributed by atoms with Gasteiger partial charge in [0.1, 0.15) is 0 Å². The van der Waals surface area contributed by atoms with Crippen molar-refractivity contribution < 1.29 is 14.4 Å². The molecule has 0 aliphatic heterocycles. The Bertz CT molecular complexity index is 543. The van der Waals surface area contributed by atoms with Crippen LogP contribution in [0.25, 0.3) is 0 Å². The molecule has 0 aromatic heterocycles. The van der Waals surface area contributed by atoms with Crippen molar-refractivity contribution in [1.29, 1.82) is 0 Å². The van der Waals surface area contributed by atoms with Crippen LogP contribution < -0.4 is 16.0 Å². The summed E-state index contributed by atoms with van der Waals surface area (Å²) < 4.78 is 0. The van der Waals surface area contributed by atoms with Gasteiger partial charge in [0.2, 0.25) is 5.91 Å². The largest absolute Gasteiger partial charge is 0.376 e. The molecule has 4 amide bonds. The summed E-state index contributed by atoms with van der Waals surface area (Å²) in [6.07, 6.45) is 0.798. The van der Waals surface area contributed by atoms with Gasteiger partial charge in [-0.2, -0.15) is 0 Å². The molecule has 0 spiro atoms. The maximum Gasteiger partial charge on any atom is 0.321 e. The van der Waals surface area contributed by atoms with E-state index in [1.54, 1.807) is 38.4 Å². The number of nitrogens with zero attached hydrogens (tertiary/aromatic N) is 1. The number of hydrogen-bond acceptors (Lipinski definition) is 4. The lowest BCUT2D eigenvalue weighted by molar-refractivity contribution is -0.118. The van der Waals surface area contributed by atoms with Crippen molar-refractivity contribution in [2.75, 3.05) is 32.5 Å². The highest BCUT2D eigenvalue weighted by molar-refractivity contribution is 5.97. The average molecular weight is 306 g/mol. The van der Waals surface area contributed by atoms with Crippen molar-refractivity contribution in [1.82, 2.24) is 15.5 Å². The van der Waals surface area contributed by atoms with Gasteiger partial charge in [0, 0.05) is 31.9 Å². The van der Waals surface area contributed by atoms with Crippen LogP contribution in [0.15, 0.2) is 24.3 Å². The van der Waals surface area contributed by atoms with Crippen molar-refractivity contribution in [2.45, 2.75) is 13.3 Å². The summed E-state index contributed by atoms with van der Waals surface area (Å²) in [5.41, 5.74) is 1.16. The number of anilines is 1. The monoisotopic (exact) mass is 306 g/mol. The van der Waals surface area contributed by atoms with E-state index >= 15 is 0 Å². The minimum Gasteiger partial charge on any atom is -0.376 e. The maximum absolute atomic E-state index is 11.8. The van der Waals surface area contributed by atoms with Crippen LogP contribution in [-0.4, -0.2) is 49.9 Å². The van der Waals surface area contributed by atoms with E-state index in [-0.39, 0.29) is 12.5 Å². The Morgan fingerprint density at radius 2 is 1.91 bits per heavy atom. The number of rotatable bonds is 6. The zero-order chi connectivity index (χ0) is 16.5. The SMILES string of the molecule is CCCNC(=O)NC(=O)CNc1cccc(C(=O)N(C)C)c1. The Morgan fingerprint density at radius 3 is 2.55 bits per heavy atom. The minimum absolute atomic E-state index is 0.0564. The lowest BCUT2D eigenvalue weighted by atomic mass is 10.2. The number of amides is 4. The molecule has 0 fully saturated rings. The smallest absolute Gasteiger partial charge is 0.321 e. The average Bonchev–Trinajstić information content (AvgIpc) is 2.50. The Hall–Kier alpha value is -2.57. The van der Waals surface area contributed by atoms with E-state index in [4.69, 9.17) is 0 Å². The molecule has 0 atom stereocenters. The molecule has 0 saturated heterocycles. The molecular weight excluding hydrogens is 284 g/mol. The molecule has 1 aromatic rings. The summed E-state index contributed by atoms with van der Waals surface area (Å²) in [7, 11) is 3.34. The number of carbonyl (C=O) groups excluding carboxylic acids is 3. The quantitative estimate of drug-likeness (QED) is 0.732. The van der Waals surface area contributed by atoms with Crippen molar-refractivity contribution in [3.63, 3.8) is 0 Å². The van der Waals surface area contributed by atoms with Crippen LogP contribution >= 0.6 is 0 Å². The molecule has 0 radical (unpaired) electrons. The van der Waals surface area contributed by atoms with Crippen LogP contribution in [0.1, 0.15) is 23.7 Å². The third-order valence-electron chi connectivity index (χ3n) is 2.76. The fraction of sp³-hybridized carbons (Fsp3) is 0.400. The molecule has 7 nitrogen and oxygen atoms in total. The van der Waals surface area contributed by atoms with Gasteiger partial charge in [0.05, 0.1) is 6.54 Å². The molecule has 1 rings (SSSR count). The van der Waals surface area contributed by atoms with Crippen LogP contribution in [0, 0.1) is 0 Å². The van der Waals surface area contributed by atoms with Gasteiger partial charge in [-0.25, -0.2) is 4.79 Å². The number of nitrogens with one attached hydrogen (secondary N) is 3. The second kappa shape index (κ2) is 8.66.